The fourth-order valence-electron chi connectivity index (χ4n) is 8.79. The average molecular weight is 1270 g/mol. The van der Waals surface area contributed by atoms with Crippen LogP contribution >= 0.6 is 24.6 Å². The molecule has 13 rings (SSSR count). The van der Waals surface area contributed by atoms with Gasteiger partial charge in [0.05, 0.1) is 39.3 Å². The van der Waals surface area contributed by atoms with Crippen molar-refractivity contribution in [3.63, 3.8) is 0 Å². The molecule has 0 N–H and O–H groups in total. The maximum atomic E-state index is 7.42. The summed E-state index contributed by atoms with van der Waals surface area (Å²) in [4.78, 5) is 14.4. The Bertz CT molecular complexity index is 4320. The zero-order valence-electron chi connectivity index (χ0n) is 49.0. The van der Waals surface area contributed by atoms with Gasteiger partial charge in [-0.25, -0.2) is 28.1 Å². The van der Waals surface area contributed by atoms with Crippen LogP contribution in [0, 0.1) is 41.5 Å². The van der Waals surface area contributed by atoms with Crippen molar-refractivity contribution in [2.24, 2.45) is 4.52 Å². The van der Waals surface area contributed by atoms with E-state index >= 15 is 0 Å². The molecule has 0 aliphatic carbocycles. The summed E-state index contributed by atoms with van der Waals surface area (Å²) >= 11 is 0. The molecule has 1 aliphatic heterocycles. The molecule has 1 aliphatic rings. The van der Waals surface area contributed by atoms with Crippen molar-refractivity contribution in [3.8, 4) is 34.5 Å². The van der Waals surface area contributed by atoms with Gasteiger partial charge in [-0.2, -0.15) is 0 Å². The Morgan fingerprint density at radius 2 is 0.567 bits per heavy atom. The molecule has 2 atom stereocenters. The Labute approximate surface area is 514 Å². The topological polar surface area (TPSA) is 336 Å². The first-order valence-electron chi connectivity index (χ1n) is 27.8. The molecular weight excluding hydrogens is 1220 g/mol. The van der Waals surface area contributed by atoms with Crippen LogP contribution in [0.2, 0.25) is 0 Å². The van der Waals surface area contributed by atoms with Crippen LogP contribution in [0.4, 0.5) is 0 Å². The molecule has 456 valence electrons. The van der Waals surface area contributed by atoms with Crippen molar-refractivity contribution >= 4 is 24.6 Å². The van der Waals surface area contributed by atoms with E-state index in [1.807, 2.05) is 187 Å². The van der Waals surface area contributed by atoms with E-state index in [0.717, 1.165) is 33.4 Å². The highest BCUT2D eigenvalue weighted by Gasteiger charge is 2.58. The predicted molar refractivity (Wildman–Crippen MR) is 319 cm³/mol. The molecule has 0 amide bonds. The molecule has 0 saturated carbocycles. The van der Waals surface area contributed by atoms with Gasteiger partial charge in [0.25, 0.3) is 0 Å². The fourth-order valence-corrected chi connectivity index (χ4v) is 16.3. The minimum atomic E-state index is -4.27. The second-order valence-electron chi connectivity index (χ2n) is 20.3. The first-order chi connectivity index (χ1) is 43.9. The lowest BCUT2D eigenvalue weighted by atomic mass is 10.2. The molecule has 36 heteroatoms. The molecule has 90 heavy (non-hydrogen) atoms. The maximum Gasteiger partial charge on any atom is 0.447 e. The highest BCUT2D eigenvalue weighted by Crippen LogP contribution is 2.77. The lowest BCUT2D eigenvalue weighted by Gasteiger charge is -2.43. The van der Waals surface area contributed by atoms with E-state index in [4.69, 9.17) is 32.3 Å². The van der Waals surface area contributed by atoms with Crippen LogP contribution < -0.4 is 27.8 Å². The third-order valence-electron chi connectivity index (χ3n) is 13.8. The lowest BCUT2D eigenvalue weighted by molar-refractivity contribution is 0.0545. The number of hydrogen-bond donors (Lipinski definition) is 0. The van der Waals surface area contributed by atoms with Crippen molar-refractivity contribution in [3.05, 3.63) is 214 Å². The Balaban J connectivity index is 0.974. The van der Waals surface area contributed by atoms with E-state index in [2.05, 4.69) is 93.2 Å². The molecule has 2 unspecified atom stereocenters. The number of rotatable bonds is 24. The van der Waals surface area contributed by atoms with Gasteiger partial charge in [-0.15, -0.1) is 35.1 Å². The van der Waals surface area contributed by atoms with Gasteiger partial charge in [-0.1, -0.05) is 72.8 Å². The zero-order chi connectivity index (χ0) is 61.6. The van der Waals surface area contributed by atoms with Gasteiger partial charge in [0.2, 0.25) is 0 Å². The van der Waals surface area contributed by atoms with Crippen LogP contribution in [0.25, 0.3) is 0 Å². The Morgan fingerprint density at radius 1 is 0.311 bits per heavy atom. The number of hydrogen-bond acceptors (Lipinski definition) is 27. The molecule has 6 aromatic carbocycles. The molecule has 0 saturated heterocycles. The quantitative estimate of drug-likeness (QED) is 0.0533. The number of nitrogens with zero attached hydrogens (tertiary/aromatic N) is 27. The molecule has 0 spiro atoms. The number of tetrazole rings is 6. The highest BCUT2D eigenvalue weighted by molar-refractivity contribution is 7.78. The first-order valence-corrected chi connectivity index (χ1v) is 31.6. The van der Waals surface area contributed by atoms with Gasteiger partial charge < -0.3 is 27.8 Å². The van der Waals surface area contributed by atoms with E-state index in [-0.39, 0.29) is 0 Å². The van der Waals surface area contributed by atoms with Crippen LogP contribution in [0.1, 0.15) is 68.3 Å². The van der Waals surface area contributed by atoms with E-state index in [9.17, 15) is 0 Å². The first kappa shape index (κ1) is 58.6. The van der Waals surface area contributed by atoms with Crippen molar-refractivity contribution in [2.75, 3.05) is 0 Å². The summed E-state index contributed by atoms with van der Waals surface area (Å²) in [6.45, 7) is 13.4. The van der Waals surface area contributed by atoms with E-state index in [1.54, 1.807) is 32.7 Å². The van der Waals surface area contributed by atoms with Gasteiger partial charge >= 0.3 is 24.6 Å². The molecule has 0 fully saturated rings. The molecule has 33 nitrogen and oxygen atoms in total. The van der Waals surface area contributed by atoms with Crippen LogP contribution in [0.3, 0.4) is 0 Å². The molecule has 7 heterocycles. The Morgan fingerprint density at radius 3 is 0.844 bits per heavy atom. The van der Waals surface area contributed by atoms with Gasteiger partial charge in [0.15, 0.2) is 0 Å². The SMILES string of the molecule is Cc1nnnn1Cc1ccc(ON2P(Oc3ccc(Cn4nnnc4C)cc3)N=P(Oc3ccc(Cn4nnnc4C)cc3)(Oc3ccc(Cn4nnnc4C)cc3)N(Oc3ccc(Cn4nnnc4C)cc3)P2Oc2ccc(Cn3nnnc3C)cc2)cc1. The van der Waals surface area contributed by atoms with Crippen molar-refractivity contribution in [1.29, 1.82) is 0 Å². The number of aromatic nitrogens is 24. The summed E-state index contributed by atoms with van der Waals surface area (Å²) < 4.78 is 48.3. The summed E-state index contributed by atoms with van der Waals surface area (Å²) in [5.74, 6) is 6.21. The summed E-state index contributed by atoms with van der Waals surface area (Å²) in [6, 6.07) is 45.0. The Kier molecular flexibility index (Phi) is 17.0. The van der Waals surface area contributed by atoms with Crippen molar-refractivity contribution in [1.82, 2.24) is 130 Å². The molecule has 0 radical (unpaired) electrons. The minimum Gasteiger partial charge on any atom is -0.440 e. The normalized spacial score (nSPS) is 14.9. The second-order valence-corrected chi connectivity index (χ2v) is 25.8. The van der Waals surface area contributed by atoms with Crippen LogP contribution in [0.15, 0.2) is 150 Å². The number of benzene rings is 6. The van der Waals surface area contributed by atoms with Crippen LogP contribution in [0.5, 0.6) is 34.5 Å². The predicted octanol–water partition coefficient (Wildman–Crippen LogP) is 7.37. The largest absolute Gasteiger partial charge is 0.447 e. The summed E-state index contributed by atoms with van der Waals surface area (Å²) in [6.07, 6.45) is 0. The van der Waals surface area contributed by atoms with E-state index in [1.165, 1.54) is 4.60 Å². The molecule has 6 aromatic heterocycles. The lowest BCUT2D eigenvalue weighted by Crippen LogP contribution is -2.37. The van der Waals surface area contributed by atoms with Gasteiger partial charge in [0.1, 0.15) is 69.4 Å². The summed E-state index contributed by atoms with van der Waals surface area (Å²) in [5, 5.41) is 72.5. The summed E-state index contributed by atoms with van der Waals surface area (Å²) in [7, 11) is -9.26. The van der Waals surface area contributed by atoms with Gasteiger partial charge in [-0.05, 0) is 210 Å². The second kappa shape index (κ2) is 26.1. The fraction of sp³-hybridized carbons (Fsp3) is 0.222. The number of aryl methyl sites for hydroxylation is 6. The van der Waals surface area contributed by atoms with Crippen LogP contribution in [-0.4, -0.2) is 130 Å². The third-order valence-corrected chi connectivity index (χ3v) is 20.7. The van der Waals surface area contributed by atoms with E-state index < -0.39 is 24.6 Å². The van der Waals surface area contributed by atoms with Gasteiger partial charge in [-0.3, -0.25) is 0 Å². The molecule has 12 aromatic rings. The van der Waals surface area contributed by atoms with E-state index in [0.29, 0.717) is 109 Å². The van der Waals surface area contributed by atoms with Crippen molar-refractivity contribution < 1.29 is 27.8 Å². The molecule has 0 bridgehead atoms. The Hall–Kier alpha value is -10.5. The third kappa shape index (κ3) is 13.6. The average Bonchev–Trinajstić information content (AvgIpc) is 0.979. The molecular formula is C54H54N27O6P3. The smallest absolute Gasteiger partial charge is 0.440 e. The standard InChI is InChI=1S/C54H54N27O6P3/c1-37-55-61-67-74(37)31-43-7-19-49(20-8-43)82-80-88(84-51-23-11-45(12-24-51)33-76-39(3)57-63-69-76)73-90(86-53-27-15-47(16-28-53)35-78-41(5)59-65-71-78,87-54-29-17-48(18-30-54)36-79-42(6)60-66-72-79)81(83-50-21-9-44(10-22-50)32-75-38(2)56-62-68-75)89(80)85-52-25-13-46(14-26-52)34-77-40(4)58-64-70-77/h7-30H,31-36H2,1-6H3. The minimum absolute atomic E-state index is 0.351. The monoisotopic (exact) mass is 1270 g/mol. The van der Waals surface area contributed by atoms with Gasteiger partial charge in [0, 0.05) is 9.21 Å². The zero-order valence-corrected chi connectivity index (χ0v) is 51.6. The van der Waals surface area contributed by atoms with Crippen molar-refractivity contribution in [2.45, 2.75) is 80.8 Å². The summed E-state index contributed by atoms with van der Waals surface area (Å²) in [5.41, 5.74) is 5.37. The highest BCUT2D eigenvalue weighted by atomic mass is 31.3. The van der Waals surface area contributed by atoms with Crippen LogP contribution in [-0.2, 0) is 39.3 Å². The maximum absolute atomic E-state index is 7.42.